The van der Waals surface area contributed by atoms with Crippen LogP contribution < -0.4 is 10.1 Å². The first-order valence-electron chi connectivity index (χ1n) is 20.1. The van der Waals surface area contributed by atoms with Gasteiger partial charge in [0.15, 0.2) is 0 Å². The number of ether oxygens (including phenoxy) is 2. The van der Waals surface area contributed by atoms with Crippen LogP contribution in [0.3, 0.4) is 0 Å². The van der Waals surface area contributed by atoms with Crippen LogP contribution in [0.25, 0.3) is 0 Å². The van der Waals surface area contributed by atoms with Crippen LogP contribution in [-0.2, 0) is 27.2 Å². The molecule has 3 rings (SSSR count). The van der Waals surface area contributed by atoms with Crippen molar-refractivity contribution in [3.8, 4) is 5.75 Å². The highest BCUT2D eigenvalue weighted by molar-refractivity contribution is 7.81. The number of hydrogen-bond donors (Lipinski definition) is 3. The molecule has 0 amide bonds. The summed E-state index contributed by atoms with van der Waals surface area (Å²) in [6.07, 6.45) is 12.4. The molecule has 1 fully saturated rings. The fourth-order valence-corrected chi connectivity index (χ4v) is 4.84. The number of carbonyl (C=O) groups excluding carboxylic acids is 2. The SMILES string of the molecule is C=C.CCC.CCC(C)C.CCCC.CCOc1ccc(CC)cc1C.CC[C@@H](S)[C@H](Cc1ccccc1)NC.O=COC1CCC[C@H]1CCO.[CH+]=O. The number of nitrogens with one attached hydrogen (secondary N) is 1. The number of aryl methyl sites for hydroxylation is 2. The molecule has 0 heterocycles. The van der Waals surface area contributed by atoms with Gasteiger partial charge >= 0.3 is 6.79 Å². The third-order valence-electron chi connectivity index (χ3n) is 8.14. The van der Waals surface area contributed by atoms with Crippen LogP contribution in [0.15, 0.2) is 61.7 Å². The molecule has 53 heavy (non-hydrogen) atoms. The van der Waals surface area contributed by atoms with Crippen LogP contribution in [-0.4, -0.2) is 56.0 Å². The second-order valence-electron chi connectivity index (χ2n) is 12.9. The van der Waals surface area contributed by atoms with Crippen molar-refractivity contribution in [1.82, 2.24) is 5.32 Å². The molecule has 0 aliphatic heterocycles. The Labute approximate surface area is 334 Å². The Bertz CT molecular complexity index is 987. The highest BCUT2D eigenvalue weighted by Crippen LogP contribution is 2.30. The van der Waals surface area contributed by atoms with E-state index in [-0.39, 0.29) is 12.7 Å². The smallest absolute Gasteiger partial charge is 0.490 e. The molecule has 0 bridgehead atoms. The Morgan fingerprint density at radius 2 is 1.47 bits per heavy atom. The predicted octanol–water partition coefficient (Wildman–Crippen LogP) is 12.0. The summed E-state index contributed by atoms with van der Waals surface area (Å²) in [7, 11) is 2.01. The zero-order valence-electron chi connectivity index (χ0n) is 36.3. The molecule has 4 atom stereocenters. The van der Waals surface area contributed by atoms with Gasteiger partial charge < -0.3 is 19.9 Å². The largest absolute Gasteiger partial charge is 0.494 e. The monoisotopic (exact) mass is 763 g/mol. The van der Waals surface area contributed by atoms with Gasteiger partial charge in [-0.25, -0.2) is 0 Å². The minimum absolute atomic E-state index is 0.0691. The minimum atomic E-state index is 0.0691. The standard InChI is InChI=1S/C12H19NS.C11H16O.C8H14O3.C5H12.C4H10.C3H8.C2H4.CHO/c1-3-12(14)11(13-2)9-10-7-5-4-6-8-10;1-4-10-6-7-11(12-5-2)9(3)8-10;9-5-4-7-2-1-3-8(7)11-6-10;1-4-5(2)3;1-3-4-2;1-3-2;2*1-2/h4-8,11-14H,3,9H2,1-2H3;6-8H,4-5H2,1-3H3;6-9H,1-5H2;5H,4H2,1-3H3;3-4H2,1-2H3;3H2,1-2H3;1-2H2;1H/q;;;;;;;+1/t11-,12+;;7-,8?;;;;;/m0.0...../s1. The summed E-state index contributed by atoms with van der Waals surface area (Å²) in [6, 6.07) is 17.4. The van der Waals surface area contributed by atoms with E-state index in [2.05, 4.69) is 156 Å². The minimum Gasteiger partial charge on any atom is -0.494 e. The number of benzene rings is 2. The zero-order chi connectivity index (χ0) is 41.9. The molecule has 2 aromatic rings. The summed E-state index contributed by atoms with van der Waals surface area (Å²) in [5.74, 6) is 2.29. The van der Waals surface area contributed by atoms with Crippen molar-refractivity contribution in [3.63, 3.8) is 0 Å². The van der Waals surface area contributed by atoms with Crippen molar-refractivity contribution >= 4 is 25.9 Å². The fraction of sp³-hybridized carbons (Fsp3) is 0.652. The van der Waals surface area contributed by atoms with Crippen molar-refractivity contribution < 1.29 is 24.2 Å². The van der Waals surface area contributed by atoms with Gasteiger partial charge in [0.25, 0.3) is 6.47 Å². The Kier molecular flexibility index (Phi) is 53.2. The van der Waals surface area contributed by atoms with E-state index < -0.39 is 0 Å². The summed E-state index contributed by atoms with van der Waals surface area (Å²) in [5, 5.41) is 12.4. The van der Waals surface area contributed by atoms with Crippen LogP contribution in [0.4, 0.5) is 0 Å². The van der Waals surface area contributed by atoms with E-state index in [0.717, 1.165) is 63.2 Å². The number of unbranched alkanes of at least 4 members (excludes halogenated alkanes) is 1. The predicted molar refractivity (Wildman–Crippen MR) is 237 cm³/mol. The maximum absolute atomic E-state index is 10.0. The van der Waals surface area contributed by atoms with Gasteiger partial charge in [0.05, 0.1) is 6.61 Å². The van der Waals surface area contributed by atoms with E-state index in [0.29, 0.717) is 23.7 Å². The average Bonchev–Trinajstić information content (AvgIpc) is 3.64. The Balaban J connectivity index is -0.000000182. The van der Waals surface area contributed by atoms with Crippen molar-refractivity contribution in [2.45, 2.75) is 164 Å². The number of hydrogen-bond acceptors (Lipinski definition) is 7. The second kappa shape index (κ2) is 47.3. The molecule has 0 aromatic heterocycles. The van der Waals surface area contributed by atoms with Crippen LogP contribution in [0.1, 0.15) is 144 Å². The maximum atomic E-state index is 10.0. The number of aliphatic hydroxyl groups is 1. The molecular formula is C46H84NO5S+. The second-order valence-corrected chi connectivity index (χ2v) is 13.6. The van der Waals surface area contributed by atoms with Gasteiger partial charge in [-0.3, -0.25) is 4.79 Å². The van der Waals surface area contributed by atoms with E-state index in [1.54, 1.807) is 0 Å². The lowest BCUT2D eigenvalue weighted by atomic mass is 10.0. The fourth-order valence-electron chi connectivity index (χ4n) is 4.58. The Morgan fingerprint density at radius 1 is 0.925 bits per heavy atom. The van der Waals surface area contributed by atoms with Crippen molar-refractivity contribution in [1.29, 1.82) is 0 Å². The summed E-state index contributed by atoms with van der Waals surface area (Å²) in [5.41, 5.74) is 3.98. The number of likely N-dealkylation sites (N-methyl/N-ethyl adjacent to an activating group) is 1. The molecule has 1 aliphatic carbocycles. The third-order valence-corrected chi connectivity index (χ3v) is 8.86. The van der Waals surface area contributed by atoms with Gasteiger partial charge in [0.2, 0.25) is 0 Å². The lowest BCUT2D eigenvalue weighted by molar-refractivity contribution is -0.135. The van der Waals surface area contributed by atoms with E-state index in [9.17, 15) is 4.79 Å². The molecule has 0 saturated heterocycles. The van der Waals surface area contributed by atoms with Gasteiger partial charge in [0.1, 0.15) is 11.9 Å². The van der Waals surface area contributed by atoms with Crippen LogP contribution in [0.5, 0.6) is 5.75 Å². The van der Waals surface area contributed by atoms with Crippen LogP contribution in [0, 0.1) is 18.8 Å². The summed E-state index contributed by atoms with van der Waals surface area (Å²) in [6.45, 7) is 34.4. The van der Waals surface area contributed by atoms with Crippen molar-refractivity contribution in [2.75, 3.05) is 20.3 Å². The van der Waals surface area contributed by atoms with Gasteiger partial charge in [-0.2, -0.15) is 12.6 Å². The molecule has 1 saturated carbocycles. The summed E-state index contributed by atoms with van der Waals surface area (Å²) >= 11 is 4.57. The highest BCUT2D eigenvalue weighted by atomic mass is 32.1. The summed E-state index contributed by atoms with van der Waals surface area (Å²) < 4.78 is 10.3. The quantitative estimate of drug-likeness (QED) is 0.0769. The van der Waals surface area contributed by atoms with E-state index >= 15 is 0 Å². The average molecular weight is 763 g/mol. The Hall–Kier alpha value is -2.70. The number of aliphatic hydroxyl groups excluding tert-OH is 1. The zero-order valence-corrected chi connectivity index (χ0v) is 37.2. The molecule has 308 valence electrons. The summed E-state index contributed by atoms with van der Waals surface area (Å²) in [4.78, 5) is 17.8. The van der Waals surface area contributed by atoms with Gasteiger partial charge in [0, 0.05) is 22.7 Å². The molecular weight excluding hydrogens is 679 g/mol. The normalized spacial score (nSPS) is 14.5. The van der Waals surface area contributed by atoms with Crippen LogP contribution >= 0.6 is 12.6 Å². The first kappa shape index (κ1) is 59.6. The van der Waals surface area contributed by atoms with Crippen molar-refractivity contribution in [3.05, 3.63) is 78.4 Å². The Morgan fingerprint density at radius 3 is 1.85 bits per heavy atom. The lowest BCUT2D eigenvalue weighted by Crippen LogP contribution is -2.36. The first-order chi connectivity index (χ1) is 25.5. The number of rotatable bonds is 14. The van der Waals surface area contributed by atoms with Gasteiger partial charge in [-0.1, -0.05) is 130 Å². The first-order valence-corrected chi connectivity index (χ1v) is 20.6. The van der Waals surface area contributed by atoms with E-state index in [1.807, 2.05) is 14.0 Å². The molecule has 6 nitrogen and oxygen atoms in total. The topological polar surface area (TPSA) is 84.9 Å². The van der Waals surface area contributed by atoms with Crippen LogP contribution in [0.2, 0.25) is 0 Å². The lowest BCUT2D eigenvalue weighted by Gasteiger charge is -2.21. The molecule has 0 radical (unpaired) electrons. The molecule has 0 spiro atoms. The number of thiol groups is 1. The third kappa shape index (κ3) is 37.4. The molecule has 2 N–H and O–H groups in total. The van der Waals surface area contributed by atoms with Gasteiger partial charge in [-0.15, -0.1) is 13.2 Å². The highest BCUT2D eigenvalue weighted by Gasteiger charge is 2.27. The maximum Gasteiger partial charge on any atom is 0.490 e. The van der Waals surface area contributed by atoms with Gasteiger partial charge in [-0.05, 0) is 100 Å². The molecule has 7 heteroatoms. The van der Waals surface area contributed by atoms with E-state index in [1.165, 1.54) is 42.4 Å². The van der Waals surface area contributed by atoms with Crippen molar-refractivity contribution in [2.24, 2.45) is 11.8 Å². The number of carbonyl (C=O) groups is 1. The molecule has 2 aromatic carbocycles. The molecule has 1 unspecified atom stereocenters. The molecule has 1 aliphatic rings. The van der Waals surface area contributed by atoms with E-state index in [4.69, 9.17) is 19.4 Å².